The molecule has 2 aromatic carbocycles. The van der Waals surface area contributed by atoms with Gasteiger partial charge in [0.2, 0.25) is 0 Å². The van der Waals surface area contributed by atoms with Gasteiger partial charge in [-0.25, -0.2) is 9.37 Å². The van der Waals surface area contributed by atoms with Crippen LogP contribution in [0, 0.1) is 19.7 Å². The first-order chi connectivity index (χ1) is 10.5. The summed E-state index contributed by atoms with van der Waals surface area (Å²) in [5, 5.41) is 0. The van der Waals surface area contributed by atoms with Gasteiger partial charge in [0.05, 0.1) is 17.1 Å². The van der Waals surface area contributed by atoms with Gasteiger partial charge in [0.15, 0.2) is 0 Å². The number of hydrogen-bond donors (Lipinski definition) is 1. The normalized spacial score (nSPS) is 12.8. The van der Waals surface area contributed by atoms with Crippen LogP contribution in [-0.4, -0.2) is 9.55 Å². The lowest BCUT2D eigenvalue weighted by molar-refractivity contribution is 0.624. The lowest BCUT2D eigenvalue weighted by atomic mass is 10.1. The molecule has 3 aromatic rings. The van der Waals surface area contributed by atoms with Crippen LogP contribution < -0.4 is 5.73 Å². The second kappa shape index (κ2) is 5.54. The molecule has 3 rings (SSSR count). The topological polar surface area (TPSA) is 43.8 Å². The Balaban J connectivity index is 2.15. The molecule has 0 bridgehead atoms. The van der Waals surface area contributed by atoms with Crippen molar-refractivity contribution in [2.24, 2.45) is 5.73 Å². The highest BCUT2D eigenvalue weighted by Crippen LogP contribution is 2.24. The molecule has 0 fully saturated rings. The number of aromatic nitrogens is 2. The third kappa shape index (κ3) is 2.62. The van der Waals surface area contributed by atoms with Crippen molar-refractivity contribution in [2.75, 3.05) is 0 Å². The molecule has 2 N–H and O–H groups in total. The van der Waals surface area contributed by atoms with Gasteiger partial charge in [-0.1, -0.05) is 12.1 Å². The third-order valence-corrected chi connectivity index (χ3v) is 4.05. The van der Waals surface area contributed by atoms with Gasteiger partial charge in [-0.05, 0) is 61.7 Å². The molecule has 1 atom stereocenters. The molecule has 0 spiro atoms. The van der Waals surface area contributed by atoms with Crippen molar-refractivity contribution in [3.63, 3.8) is 0 Å². The highest BCUT2D eigenvalue weighted by molar-refractivity contribution is 5.78. The number of rotatable bonds is 3. The summed E-state index contributed by atoms with van der Waals surface area (Å²) in [5.74, 6) is 0.627. The fourth-order valence-corrected chi connectivity index (χ4v) is 2.68. The molecule has 0 aliphatic heterocycles. The first-order valence-electron chi connectivity index (χ1n) is 7.43. The van der Waals surface area contributed by atoms with Crippen LogP contribution in [0.25, 0.3) is 11.0 Å². The van der Waals surface area contributed by atoms with Crippen molar-refractivity contribution in [3.05, 3.63) is 64.7 Å². The van der Waals surface area contributed by atoms with Crippen molar-refractivity contribution < 1.29 is 4.39 Å². The number of imidazole rings is 1. The fraction of sp³-hybridized carbons (Fsp3) is 0.278. The van der Waals surface area contributed by atoms with E-state index in [9.17, 15) is 4.39 Å². The van der Waals surface area contributed by atoms with Crippen molar-refractivity contribution in [3.8, 4) is 0 Å². The molecule has 0 radical (unpaired) electrons. The molecular weight excluding hydrogens is 277 g/mol. The summed E-state index contributed by atoms with van der Waals surface area (Å²) < 4.78 is 15.2. The summed E-state index contributed by atoms with van der Waals surface area (Å²) in [6.07, 6.45) is 0. The van der Waals surface area contributed by atoms with E-state index in [1.165, 1.54) is 23.3 Å². The average molecular weight is 297 g/mol. The van der Waals surface area contributed by atoms with Gasteiger partial charge < -0.3 is 10.3 Å². The number of fused-ring (bicyclic) bond motifs is 1. The Bertz CT molecular complexity index is 816. The Labute approximate surface area is 129 Å². The second-order valence-corrected chi connectivity index (χ2v) is 5.90. The predicted molar refractivity (Wildman–Crippen MR) is 87.3 cm³/mol. The van der Waals surface area contributed by atoms with Gasteiger partial charge >= 0.3 is 0 Å². The highest BCUT2D eigenvalue weighted by Gasteiger charge is 2.15. The molecule has 22 heavy (non-hydrogen) atoms. The van der Waals surface area contributed by atoms with E-state index in [2.05, 4.69) is 30.5 Å². The van der Waals surface area contributed by atoms with Crippen LogP contribution in [0.2, 0.25) is 0 Å². The molecule has 0 aliphatic carbocycles. The number of aryl methyl sites for hydroxylation is 2. The van der Waals surface area contributed by atoms with Crippen LogP contribution in [0.15, 0.2) is 36.4 Å². The van der Waals surface area contributed by atoms with Crippen LogP contribution in [-0.2, 0) is 6.54 Å². The van der Waals surface area contributed by atoms with E-state index in [0.717, 1.165) is 22.4 Å². The Morgan fingerprint density at radius 3 is 2.41 bits per heavy atom. The van der Waals surface area contributed by atoms with Crippen LogP contribution >= 0.6 is 0 Å². The first kappa shape index (κ1) is 14.7. The molecule has 3 nitrogen and oxygen atoms in total. The molecular formula is C18H20FN3. The summed E-state index contributed by atoms with van der Waals surface area (Å²) in [5.41, 5.74) is 11.6. The minimum Gasteiger partial charge on any atom is -0.322 e. The largest absolute Gasteiger partial charge is 0.322 e. The SMILES string of the molecule is Cc1cc2nc(C(C)N)n(Cc3ccc(F)cc3)c2cc1C. The lowest BCUT2D eigenvalue weighted by Gasteiger charge is -2.12. The maximum Gasteiger partial charge on any atom is 0.126 e. The van der Waals surface area contributed by atoms with Crippen molar-refractivity contribution in [2.45, 2.75) is 33.4 Å². The molecule has 1 aromatic heterocycles. The Morgan fingerprint density at radius 1 is 1.14 bits per heavy atom. The molecule has 1 unspecified atom stereocenters. The number of hydrogen-bond acceptors (Lipinski definition) is 2. The minimum absolute atomic E-state index is 0.159. The van der Waals surface area contributed by atoms with Gasteiger partial charge in [-0.15, -0.1) is 0 Å². The Morgan fingerprint density at radius 2 is 1.77 bits per heavy atom. The lowest BCUT2D eigenvalue weighted by Crippen LogP contribution is -2.14. The van der Waals surface area contributed by atoms with E-state index in [-0.39, 0.29) is 11.9 Å². The van der Waals surface area contributed by atoms with Gasteiger partial charge in [-0.3, -0.25) is 0 Å². The highest BCUT2D eigenvalue weighted by atomic mass is 19.1. The van der Waals surface area contributed by atoms with Crippen molar-refractivity contribution >= 4 is 11.0 Å². The molecule has 114 valence electrons. The molecule has 1 heterocycles. The molecule has 0 saturated carbocycles. The van der Waals surface area contributed by atoms with Crippen molar-refractivity contribution in [1.29, 1.82) is 0 Å². The van der Waals surface area contributed by atoms with Crippen molar-refractivity contribution in [1.82, 2.24) is 9.55 Å². The summed E-state index contributed by atoms with van der Waals surface area (Å²) >= 11 is 0. The number of benzene rings is 2. The Hall–Kier alpha value is -2.20. The second-order valence-electron chi connectivity index (χ2n) is 5.90. The summed E-state index contributed by atoms with van der Waals surface area (Å²) in [6.45, 7) is 6.74. The van der Waals surface area contributed by atoms with Gasteiger partial charge in [0.25, 0.3) is 0 Å². The first-order valence-corrected chi connectivity index (χ1v) is 7.43. The van der Waals surface area contributed by atoms with E-state index >= 15 is 0 Å². The molecule has 0 amide bonds. The summed E-state index contributed by atoms with van der Waals surface area (Å²) in [6, 6.07) is 10.6. The van der Waals surface area contributed by atoms with Crippen LogP contribution in [0.1, 0.15) is 35.5 Å². The van der Waals surface area contributed by atoms with Gasteiger partial charge in [0.1, 0.15) is 11.6 Å². The predicted octanol–water partition coefficient (Wildman–Crippen LogP) is 3.86. The zero-order chi connectivity index (χ0) is 15.9. The Kier molecular flexibility index (Phi) is 3.71. The average Bonchev–Trinajstić information content (AvgIpc) is 2.80. The number of halogens is 1. The van der Waals surface area contributed by atoms with E-state index in [4.69, 9.17) is 10.7 Å². The molecule has 0 aliphatic rings. The van der Waals surface area contributed by atoms with Crippen LogP contribution in [0.3, 0.4) is 0 Å². The van der Waals surface area contributed by atoms with E-state index < -0.39 is 0 Å². The maximum absolute atomic E-state index is 13.1. The van der Waals surface area contributed by atoms with Crippen LogP contribution in [0.4, 0.5) is 4.39 Å². The zero-order valence-electron chi connectivity index (χ0n) is 13.1. The van der Waals surface area contributed by atoms with E-state index in [1.54, 1.807) is 12.1 Å². The van der Waals surface area contributed by atoms with Gasteiger partial charge in [-0.2, -0.15) is 0 Å². The van der Waals surface area contributed by atoms with Gasteiger partial charge in [0, 0.05) is 6.54 Å². The smallest absolute Gasteiger partial charge is 0.126 e. The van der Waals surface area contributed by atoms with E-state index in [1.807, 2.05) is 6.92 Å². The summed E-state index contributed by atoms with van der Waals surface area (Å²) in [4.78, 5) is 4.69. The fourth-order valence-electron chi connectivity index (χ4n) is 2.68. The number of nitrogens with zero attached hydrogens (tertiary/aromatic N) is 2. The molecule has 4 heteroatoms. The quantitative estimate of drug-likeness (QED) is 0.797. The minimum atomic E-state index is -0.224. The zero-order valence-corrected chi connectivity index (χ0v) is 13.1. The summed E-state index contributed by atoms with van der Waals surface area (Å²) in [7, 11) is 0. The third-order valence-electron chi connectivity index (χ3n) is 4.05. The van der Waals surface area contributed by atoms with Crippen LogP contribution in [0.5, 0.6) is 0 Å². The van der Waals surface area contributed by atoms with E-state index in [0.29, 0.717) is 6.54 Å². The molecule has 0 saturated heterocycles. The maximum atomic E-state index is 13.1. The number of nitrogens with two attached hydrogens (primary N) is 1. The standard InChI is InChI=1S/C18H20FN3/c1-11-8-16-17(9-12(11)2)22(18(21-16)13(3)20)10-14-4-6-15(19)7-5-14/h4-9,13H,10,20H2,1-3H3. The monoisotopic (exact) mass is 297 g/mol.